The second-order valence-electron chi connectivity index (χ2n) is 8.02. The summed E-state index contributed by atoms with van der Waals surface area (Å²) in [5.74, 6) is 0.349. The number of nitrogens with one attached hydrogen (secondary N) is 1. The number of likely N-dealkylation sites (N-methyl/N-ethyl adjacent to an activating group) is 1. The maximum atomic E-state index is 13.1. The standard InChI is InChI=1S/C20H31N5O2/c1-2-23-11-13-24(14-12-23)20(27)18-22-17(16-9-5-6-10-25(16)18)19(26)21-15-7-3-4-8-15/h15H,2-14H2,1H3,(H,21,26). The van der Waals surface area contributed by atoms with Crippen molar-refractivity contribution in [2.45, 2.75) is 64.5 Å². The molecule has 0 aromatic carbocycles. The summed E-state index contributed by atoms with van der Waals surface area (Å²) in [4.78, 5) is 34.8. The highest BCUT2D eigenvalue weighted by Crippen LogP contribution is 2.24. The molecule has 148 valence electrons. The van der Waals surface area contributed by atoms with Gasteiger partial charge in [-0.25, -0.2) is 4.98 Å². The number of imidazole rings is 1. The van der Waals surface area contributed by atoms with E-state index in [-0.39, 0.29) is 17.9 Å². The van der Waals surface area contributed by atoms with Crippen LogP contribution in [-0.4, -0.2) is 69.9 Å². The third-order valence-corrected chi connectivity index (χ3v) is 6.32. The van der Waals surface area contributed by atoms with E-state index in [2.05, 4.69) is 22.1 Å². The molecule has 0 radical (unpaired) electrons. The third-order valence-electron chi connectivity index (χ3n) is 6.32. The molecule has 0 unspecified atom stereocenters. The molecule has 2 fully saturated rings. The van der Waals surface area contributed by atoms with Gasteiger partial charge in [0.25, 0.3) is 11.8 Å². The van der Waals surface area contributed by atoms with Gasteiger partial charge < -0.3 is 19.7 Å². The minimum absolute atomic E-state index is 0.0196. The fourth-order valence-corrected chi connectivity index (χ4v) is 4.62. The molecule has 0 atom stereocenters. The van der Waals surface area contributed by atoms with Gasteiger partial charge in [0.2, 0.25) is 0 Å². The second-order valence-corrected chi connectivity index (χ2v) is 8.02. The van der Waals surface area contributed by atoms with E-state index in [9.17, 15) is 9.59 Å². The molecular formula is C20H31N5O2. The minimum atomic E-state index is -0.0950. The van der Waals surface area contributed by atoms with Gasteiger partial charge in [0.05, 0.1) is 5.69 Å². The smallest absolute Gasteiger partial charge is 0.289 e. The van der Waals surface area contributed by atoms with Crippen LogP contribution in [0.4, 0.5) is 0 Å². The fourth-order valence-electron chi connectivity index (χ4n) is 4.62. The van der Waals surface area contributed by atoms with Gasteiger partial charge in [-0.3, -0.25) is 9.59 Å². The average Bonchev–Trinajstić information content (AvgIpc) is 3.35. The number of rotatable bonds is 4. The van der Waals surface area contributed by atoms with Gasteiger partial charge in [0, 0.05) is 38.8 Å². The summed E-state index contributed by atoms with van der Waals surface area (Å²) < 4.78 is 2.02. The molecule has 2 amide bonds. The molecule has 0 bridgehead atoms. The van der Waals surface area contributed by atoms with Crippen LogP contribution >= 0.6 is 0 Å². The molecule has 7 heteroatoms. The van der Waals surface area contributed by atoms with Crippen molar-refractivity contribution in [3.63, 3.8) is 0 Å². The van der Waals surface area contributed by atoms with Crippen molar-refractivity contribution >= 4 is 11.8 Å². The predicted octanol–water partition coefficient (Wildman–Crippen LogP) is 1.67. The molecule has 1 saturated heterocycles. The molecule has 1 saturated carbocycles. The van der Waals surface area contributed by atoms with E-state index >= 15 is 0 Å². The van der Waals surface area contributed by atoms with Crippen molar-refractivity contribution in [1.82, 2.24) is 24.7 Å². The molecule has 1 aliphatic carbocycles. The van der Waals surface area contributed by atoms with Gasteiger partial charge in [0.1, 0.15) is 5.69 Å². The van der Waals surface area contributed by atoms with Crippen LogP contribution in [0, 0.1) is 0 Å². The Hall–Kier alpha value is -1.89. The van der Waals surface area contributed by atoms with Gasteiger partial charge >= 0.3 is 0 Å². The molecule has 4 rings (SSSR count). The van der Waals surface area contributed by atoms with E-state index in [1.165, 1.54) is 12.8 Å². The maximum Gasteiger partial charge on any atom is 0.289 e. The summed E-state index contributed by atoms with van der Waals surface area (Å²) in [7, 11) is 0. The first-order valence-electron chi connectivity index (χ1n) is 10.6. The molecule has 1 aromatic rings. The molecule has 2 aliphatic heterocycles. The zero-order valence-corrected chi connectivity index (χ0v) is 16.4. The van der Waals surface area contributed by atoms with E-state index in [0.717, 1.165) is 77.1 Å². The Morgan fingerprint density at radius 3 is 2.48 bits per heavy atom. The lowest BCUT2D eigenvalue weighted by Gasteiger charge is -2.34. The van der Waals surface area contributed by atoms with Gasteiger partial charge in [-0.1, -0.05) is 19.8 Å². The number of hydrogen-bond donors (Lipinski definition) is 1. The zero-order chi connectivity index (χ0) is 18.8. The molecule has 3 heterocycles. The van der Waals surface area contributed by atoms with Gasteiger partial charge in [-0.2, -0.15) is 0 Å². The molecular weight excluding hydrogens is 342 g/mol. The molecule has 27 heavy (non-hydrogen) atoms. The Bertz CT molecular complexity index is 699. The molecule has 0 spiro atoms. The summed E-state index contributed by atoms with van der Waals surface area (Å²) in [5, 5.41) is 3.14. The van der Waals surface area contributed by atoms with Gasteiger partial charge in [-0.05, 0) is 38.6 Å². The number of carbonyl (C=O) groups excluding carboxylic acids is 2. The lowest BCUT2D eigenvalue weighted by Crippen LogP contribution is -2.49. The van der Waals surface area contributed by atoms with Crippen LogP contribution in [0.15, 0.2) is 0 Å². The quantitative estimate of drug-likeness (QED) is 0.872. The highest BCUT2D eigenvalue weighted by Gasteiger charge is 2.31. The van der Waals surface area contributed by atoms with Crippen LogP contribution in [0.1, 0.15) is 72.3 Å². The normalized spacial score (nSPS) is 21.3. The highest BCUT2D eigenvalue weighted by atomic mass is 16.2. The highest BCUT2D eigenvalue weighted by molar-refractivity contribution is 5.97. The van der Waals surface area contributed by atoms with Gasteiger partial charge in [-0.15, -0.1) is 0 Å². The van der Waals surface area contributed by atoms with Gasteiger partial charge in [0.15, 0.2) is 5.82 Å². The van der Waals surface area contributed by atoms with Crippen molar-refractivity contribution in [2.24, 2.45) is 0 Å². The molecule has 1 N–H and O–H groups in total. The maximum absolute atomic E-state index is 13.1. The average molecular weight is 374 g/mol. The summed E-state index contributed by atoms with van der Waals surface area (Å²) in [5.41, 5.74) is 1.43. The summed E-state index contributed by atoms with van der Waals surface area (Å²) >= 11 is 0. The Kier molecular flexibility index (Phi) is 5.48. The Morgan fingerprint density at radius 1 is 1.04 bits per heavy atom. The van der Waals surface area contributed by atoms with E-state index < -0.39 is 0 Å². The van der Waals surface area contributed by atoms with E-state index in [1.54, 1.807) is 0 Å². The number of fused-ring (bicyclic) bond motifs is 1. The van der Waals surface area contributed by atoms with Crippen molar-refractivity contribution in [3.05, 3.63) is 17.2 Å². The molecule has 3 aliphatic rings. The zero-order valence-electron chi connectivity index (χ0n) is 16.4. The van der Waals surface area contributed by atoms with Crippen molar-refractivity contribution in [2.75, 3.05) is 32.7 Å². The SMILES string of the molecule is CCN1CCN(C(=O)c2nc(C(=O)NC3CCCC3)c3n2CCCC3)CC1. The summed E-state index contributed by atoms with van der Waals surface area (Å²) in [6.07, 6.45) is 7.39. The first-order chi connectivity index (χ1) is 13.2. The second kappa shape index (κ2) is 8.00. The Labute approximate surface area is 161 Å². The van der Waals surface area contributed by atoms with Crippen LogP contribution < -0.4 is 5.32 Å². The van der Waals surface area contributed by atoms with E-state index in [1.807, 2.05) is 9.47 Å². The van der Waals surface area contributed by atoms with E-state index in [0.29, 0.717) is 11.5 Å². The lowest BCUT2D eigenvalue weighted by atomic mass is 10.1. The fraction of sp³-hybridized carbons (Fsp3) is 0.750. The first kappa shape index (κ1) is 18.5. The topological polar surface area (TPSA) is 70.5 Å². The first-order valence-corrected chi connectivity index (χ1v) is 10.6. The van der Waals surface area contributed by atoms with Crippen LogP contribution in [-0.2, 0) is 13.0 Å². The Morgan fingerprint density at radius 2 is 1.78 bits per heavy atom. The minimum Gasteiger partial charge on any atom is -0.348 e. The summed E-state index contributed by atoms with van der Waals surface area (Å²) in [6.45, 7) is 7.24. The van der Waals surface area contributed by atoms with Crippen LogP contribution in [0.5, 0.6) is 0 Å². The third kappa shape index (κ3) is 3.74. The summed E-state index contributed by atoms with van der Waals surface area (Å²) in [6, 6.07) is 0.264. The van der Waals surface area contributed by atoms with Crippen LogP contribution in [0.25, 0.3) is 0 Å². The predicted molar refractivity (Wildman–Crippen MR) is 103 cm³/mol. The van der Waals surface area contributed by atoms with Crippen molar-refractivity contribution < 1.29 is 9.59 Å². The van der Waals surface area contributed by atoms with Crippen molar-refractivity contribution in [1.29, 1.82) is 0 Å². The largest absolute Gasteiger partial charge is 0.348 e. The van der Waals surface area contributed by atoms with Crippen molar-refractivity contribution in [3.8, 4) is 0 Å². The monoisotopic (exact) mass is 373 g/mol. The number of aromatic nitrogens is 2. The number of hydrogen-bond acceptors (Lipinski definition) is 4. The van der Waals surface area contributed by atoms with Crippen LogP contribution in [0.2, 0.25) is 0 Å². The Balaban J connectivity index is 1.55. The molecule has 7 nitrogen and oxygen atoms in total. The molecule has 1 aromatic heterocycles. The number of piperazine rings is 1. The number of nitrogens with zero attached hydrogens (tertiary/aromatic N) is 4. The van der Waals surface area contributed by atoms with Crippen LogP contribution in [0.3, 0.4) is 0 Å². The number of carbonyl (C=O) groups is 2. The lowest BCUT2D eigenvalue weighted by molar-refractivity contribution is 0.0625. The number of amides is 2. The van der Waals surface area contributed by atoms with E-state index in [4.69, 9.17) is 0 Å².